The molecule has 3 rings (SSSR count). The first kappa shape index (κ1) is 16.7. The number of hydrogen-bond acceptors (Lipinski definition) is 5. The van der Waals surface area contributed by atoms with Gasteiger partial charge in [-0.3, -0.25) is 19.4 Å². The van der Waals surface area contributed by atoms with Crippen LogP contribution >= 0.6 is 0 Å². The van der Waals surface area contributed by atoms with E-state index >= 15 is 0 Å². The summed E-state index contributed by atoms with van der Waals surface area (Å²) in [5, 5.41) is 2.62. The van der Waals surface area contributed by atoms with Gasteiger partial charge in [0.25, 0.3) is 17.4 Å². The maximum Gasteiger partial charge on any atom is 0.326 e. The first-order valence-electron chi connectivity index (χ1n) is 7.99. The summed E-state index contributed by atoms with van der Waals surface area (Å²) in [6.07, 6.45) is 1.46. The van der Waals surface area contributed by atoms with Crippen LogP contribution < -0.4 is 16.6 Å². The van der Waals surface area contributed by atoms with E-state index in [0.29, 0.717) is 13.0 Å². The zero-order valence-electron chi connectivity index (χ0n) is 13.6. The van der Waals surface area contributed by atoms with Crippen molar-refractivity contribution in [3.63, 3.8) is 0 Å². The largest absolute Gasteiger partial charge is 0.456 e. The van der Waals surface area contributed by atoms with E-state index in [4.69, 9.17) is 4.42 Å². The van der Waals surface area contributed by atoms with Crippen LogP contribution in [0.2, 0.25) is 0 Å². The molecule has 25 heavy (non-hydrogen) atoms. The summed E-state index contributed by atoms with van der Waals surface area (Å²) in [6, 6.07) is 4.28. The van der Waals surface area contributed by atoms with E-state index < -0.39 is 17.2 Å². The molecule has 0 aromatic carbocycles. The number of nitrogens with zero attached hydrogens (tertiary/aromatic N) is 1. The Labute approximate surface area is 142 Å². The molecule has 2 aromatic rings. The summed E-state index contributed by atoms with van der Waals surface area (Å²) in [4.78, 5) is 52.7. The van der Waals surface area contributed by atoms with Crippen molar-refractivity contribution in [1.82, 2.24) is 20.2 Å². The van der Waals surface area contributed by atoms with E-state index in [9.17, 15) is 19.2 Å². The number of amides is 2. The molecule has 3 heterocycles. The molecule has 9 heteroatoms. The lowest BCUT2D eigenvalue weighted by Crippen LogP contribution is -2.56. The van der Waals surface area contributed by atoms with E-state index in [1.807, 2.05) is 11.9 Å². The highest BCUT2D eigenvalue weighted by Gasteiger charge is 2.34. The van der Waals surface area contributed by atoms with E-state index in [-0.39, 0.29) is 29.9 Å². The standard InChI is InChI=1S/C16H18N4O5/c1-2-10-3-4-12(25-10)15(23)20-6-5-9(20)8-17-14(22)11-7-13(21)19-16(24)18-11/h3-4,7,9H,2,5-6,8H2,1H3,(H,17,22)(H2,18,19,21,24). The Morgan fingerprint density at radius 2 is 2.12 bits per heavy atom. The molecule has 1 atom stereocenters. The van der Waals surface area contributed by atoms with Crippen LogP contribution in [0, 0.1) is 0 Å². The molecule has 0 radical (unpaired) electrons. The van der Waals surface area contributed by atoms with E-state index in [0.717, 1.165) is 18.2 Å². The number of likely N-dealkylation sites (tertiary alicyclic amines) is 1. The molecule has 2 aromatic heterocycles. The second kappa shape index (κ2) is 6.80. The Bertz CT molecular complexity index is 881. The summed E-state index contributed by atoms with van der Waals surface area (Å²) in [5.41, 5.74) is -1.52. The summed E-state index contributed by atoms with van der Waals surface area (Å²) in [6.45, 7) is 2.75. The molecule has 132 valence electrons. The number of furan rings is 1. The molecule has 0 bridgehead atoms. The maximum absolute atomic E-state index is 12.4. The van der Waals surface area contributed by atoms with E-state index in [2.05, 4.69) is 10.3 Å². The van der Waals surface area contributed by atoms with Crippen LogP contribution in [0.1, 0.15) is 40.1 Å². The van der Waals surface area contributed by atoms with E-state index in [1.165, 1.54) is 0 Å². The molecule has 3 N–H and O–H groups in total. The number of nitrogens with one attached hydrogen (secondary N) is 3. The lowest BCUT2D eigenvalue weighted by atomic mass is 10.0. The number of H-pyrrole nitrogens is 2. The van der Waals surface area contributed by atoms with Gasteiger partial charge in [0.2, 0.25) is 0 Å². The number of carbonyl (C=O) groups excluding carboxylic acids is 2. The fourth-order valence-corrected chi connectivity index (χ4v) is 2.64. The molecule has 9 nitrogen and oxygen atoms in total. The lowest BCUT2D eigenvalue weighted by Gasteiger charge is -2.40. The quantitative estimate of drug-likeness (QED) is 0.694. The van der Waals surface area contributed by atoms with Gasteiger partial charge in [0.05, 0.1) is 6.04 Å². The van der Waals surface area contributed by atoms with Crippen LogP contribution in [-0.2, 0) is 6.42 Å². The highest BCUT2D eigenvalue weighted by molar-refractivity contribution is 5.93. The van der Waals surface area contributed by atoms with Gasteiger partial charge in [0.1, 0.15) is 11.5 Å². The first-order chi connectivity index (χ1) is 12.0. The summed E-state index contributed by atoms with van der Waals surface area (Å²) in [5.74, 6) is 0.238. The van der Waals surface area contributed by atoms with Gasteiger partial charge >= 0.3 is 5.69 Å². The summed E-state index contributed by atoms with van der Waals surface area (Å²) < 4.78 is 5.46. The van der Waals surface area contributed by atoms with Crippen molar-refractivity contribution in [3.8, 4) is 0 Å². The third kappa shape index (κ3) is 3.54. The second-order valence-corrected chi connectivity index (χ2v) is 5.77. The molecule has 1 aliphatic heterocycles. The topological polar surface area (TPSA) is 128 Å². The van der Waals surface area contributed by atoms with Crippen molar-refractivity contribution in [3.05, 3.63) is 56.3 Å². The van der Waals surface area contributed by atoms with Crippen LogP contribution in [0.4, 0.5) is 0 Å². The Morgan fingerprint density at radius 3 is 2.72 bits per heavy atom. The predicted molar refractivity (Wildman–Crippen MR) is 87.5 cm³/mol. The SMILES string of the molecule is CCc1ccc(C(=O)N2CCC2CNC(=O)c2cc(=O)[nH]c(=O)[nH]2)o1. The second-order valence-electron chi connectivity index (χ2n) is 5.77. The summed E-state index contributed by atoms with van der Waals surface area (Å²) in [7, 11) is 0. The maximum atomic E-state index is 12.4. The fourth-order valence-electron chi connectivity index (χ4n) is 2.64. The van der Waals surface area contributed by atoms with Gasteiger partial charge in [0.15, 0.2) is 5.76 Å². The van der Waals surface area contributed by atoms with Crippen LogP contribution in [0.25, 0.3) is 0 Å². The van der Waals surface area contributed by atoms with Crippen LogP contribution in [0.5, 0.6) is 0 Å². The zero-order chi connectivity index (χ0) is 18.0. The fraction of sp³-hybridized carbons (Fsp3) is 0.375. The highest BCUT2D eigenvalue weighted by Crippen LogP contribution is 2.21. The molecular formula is C16H18N4O5. The van der Waals surface area contributed by atoms with Crippen molar-refractivity contribution in [2.24, 2.45) is 0 Å². The molecule has 0 spiro atoms. The molecule has 2 amide bonds. The lowest BCUT2D eigenvalue weighted by molar-refractivity contribution is 0.0423. The minimum Gasteiger partial charge on any atom is -0.456 e. The number of aromatic nitrogens is 2. The van der Waals surface area contributed by atoms with Crippen LogP contribution in [0.3, 0.4) is 0 Å². The van der Waals surface area contributed by atoms with E-state index in [1.54, 1.807) is 17.0 Å². The third-order valence-electron chi connectivity index (χ3n) is 4.13. The molecular weight excluding hydrogens is 328 g/mol. The van der Waals surface area contributed by atoms with Crippen molar-refractivity contribution in [2.45, 2.75) is 25.8 Å². The molecule has 0 aliphatic carbocycles. The van der Waals surface area contributed by atoms with Gasteiger partial charge in [-0.15, -0.1) is 0 Å². The van der Waals surface area contributed by atoms with Crippen molar-refractivity contribution < 1.29 is 14.0 Å². The minimum atomic E-state index is -0.748. The molecule has 1 unspecified atom stereocenters. The normalized spacial score (nSPS) is 16.4. The number of aryl methyl sites for hydroxylation is 1. The van der Waals surface area contributed by atoms with Gasteiger partial charge < -0.3 is 19.6 Å². The van der Waals surface area contributed by atoms with Gasteiger partial charge in [-0.2, -0.15) is 0 Å². The first-order valence-corrected chi connectivity index (χ1v) is 7.99. The predicted octanol–water partition coefficient (Wildman–Crippen LogP) is -0.137. The van der Waals surface area contributed by atoms with Gasteiger partial charge in [-0.25, -0.2) is 4.79 Å². The molecule has 0 saturated carbocycles. The number of aromatic amines is 2. The average Bonchev–Trinajstić information content (AvgIpc) is 3.02. The number of hydrogen-bond donors (Lipinski definition) is 3. The van der Waals surface area contributed by atoms with Crippen LogP contribution in [-0.4, -0.2) is 45.8 Å². The monoisotopic (exact) mass is 346 g/mol. The Balaban J connectivity index is 1.60. The van der Waals surface area contributed by atoms with Crippen molar-refractivity contribution in [1.29, 1.82) is 0 Å². The van der Waals surface area contributed by atoms with Gasteiger partial charge in [0, 0.05) is 25.6 Å². The van der Waals surface area contributed by atoms with Crippen molar-refractivity contribution >= 4 is 11.8 Å². The molecule has 1 saturated heterocycles. The Morgan fingerprint density at radius 1 is 1.32 bits per heavy atom. The smallest absolute Gasteiger partial charge is 0.326 e. The van der Waals surface area contributed by atoms with Gasteiger partial charge in [-0.1, -0.05) is 6.92 Å². The third-order valence-corrected chi connectivity index (χ3v) is 4.13. The average molecular weight is 346 g/mol. The highest BCUT2D eigenvalue weighted by atomic mass is 16.4. The summed E-state index contributed by atoms with van der Waals surface area (Å²) >= 11 is 0. The molecule has 1 fully saturated rings. The zero-order valence-corrected chi connectivity index (χ0v) is 13.6. The Kier molecular flexibility index (Phi) is 4.55. The van der Waals surface area contributed by atoms with Crippen LogP contribution in [0.15, 0.2) is 32.2 Å². The van der Waals surface area contributed by atoms with Gasteiger partial charge in [-0.05, 0) is 18.6 Å². The minimum absolute atomic E-state index is 0.121. The number of carbonyl (C=O) groups is 2. The van der Waals surface area contributed by atoms with Crippen molar-refractivity contribution in [2.75, 3.05) is 13.1 Å². The molecule has 1 aliphatic rings. The number of rotatable bonds is 5. The Hall–Kier alpha value is -3.10.